The van der Waals surface area contributed by atoms with E-state index in [1.54, 1.807) is 14.2 Å². The summed E-state index contributed by atoms with van der Waals surface area (Å²) in [5, 5.41) is 0. The number of carbonyl (C=O) groups excluding carboxylic acids is 3. The van der Waals surface area contributed by atoms with Gasteiger partial charge in [0.1, 0.15) is 13.2 Å². The van der Waals surface area contributed by atoms with E-state index in [1.165, 1.54) is 25.1 Å². The van der Waals surface area contributed by atoms with Crippen LogP contribution in [0.4, 0.5) is 0 Å². The molecule has 11 heteroatoms. The van der Waals surface area contributed by atoms with Crippen molar-refractivity contribution in [3.8, 4) is 0 Å². The van der Waals surface area contributed by atoms with E-state index in [1.807, 2.05) is 0 Å². The van der Waals surface area contributed by atoms with Crippen LogP contribution in [0, 0.1) is 0 Å². The van der Waals surface area contributed by atoms with Crippen LogP contribution in [0.5, 0.6) is 0 Å². The quantitative estimate of drug-likeness (QED) is 0.139. The maximum atomic E-state index is 12.4. The molecule has 1 aromatic rings. The first-order valence-corrected chi connectivity index (χ1v) is 11.3. The van der Waals surface area contributed by atoms with Gasteiger partial charge in [0.25, 0.3) is 0 Å². The predicted octanol–water partition coefficient (Wildman–Crippen LogP) is 1.56. The Balaban J connectivity index is 2.43. The van der Waals surface area contributed by atoms with Crippen molar-refractivity contribution in [2.24, 2.45) is 0 Å². The second kappa shape index (κ2) is 19.8. The van der Waals surface area contributed by atoms with Crippen molar-refractivity contribution in [1.82, 2.24) is 0 Å². The second-order valence-corrected chi connectivity index (χ2v) is 7.06. The number of esters is 2. The Bertz CT molecular complexity index is 699. The first-order valence-electron chi connectivity index (χ1n) is 11.3. The number of ketones is 1. The Morgan fingerprint density at radius 1 is 0.514 bits per heavy atom. The summed E-state index contributed by atoms with van der Waals surface area (Å²) in [6, 6.07) is 4.07. The van der Waals surface area contributed by atoms with Crippen LogP contribution < -0.4 is 0 Å². The van der Waals surface area contributed by atoms with Crippen LogP contribution >= 0.6 is 0 Å². The van der Waals surface area contributed by atoms with Gasteiger partial charge in [0.2, 0.25) is 0 Å². The summed E-state index contributed by atoms with van der Waals surface area (Å²) >= 11 is 0. The third kappa shape index (κ3) is 14.6. The number of hydrogen-bond acceptors (Lipinski definition) is 11. The zero-order valence-corrected chi connectivity index (χ0v) is 20.7. The van der Waals surface area contributed by atoms with E-state index in [0.29, 0.717) is 52.9 Å². The number of Topliss-reactive ketones (excluding diaryl/α,β-unsaturated/α-hetero) is 1. The Morgan fingerprint density at radius 3 is 1.17 bits per heavy atom. The predicted molar refractivity (Wildman–Crippen MR) is 124 cm³/mol. The normalized spacial score (nSPS) is 10.8. The minimum absolute atomic E-state index is 0.00745. The molecule has 0 heterocycles. The molecule has 0 N–H and O–H groups in total. The molecule has 0 aliphatic heterocycles. The molecule has 1 aromatic carbocycles. The zero-order valence-electron chi connectivity index (χ0n) is 20.7. The topological polar surface area (TPSA) is 125 Å². The lowest BCUT2D eigenvalue weighted by Crippen LogP contribution is -2.16. The molecule has 0 radical (unpaired) electrons. The van der Waals surface area contributed by atoms with Crippen molar-refractivity contribution >= 4 is 17.7 Å². The summed E-state index contributed by atoms with van der Waals surface area (Å²) in [4.78, 5) is 36.7. The minimum Gasteiger partial charge on any atom is -0.460 e. The van der Waals surface area contributed by atoms with Gasteiger partial charge in [0, 0.05) is 19.8 Å². The molecule has 1 rings (SSSR count). The number of methoxy groups -OCH3 is 2. The van der Waals surface area contributed by atoms with E-state index >= 15 is 0 Å². The van der Waals surface area contributed by atoms with Crippen LogP contribution in [0.15, 0.2) is 18.2 Å². The molecule has 0 atom stereocenters. The standard InChI is InChI=1S/C24H36O11/c1-19(25)20-16-21(23(26)34-14-12-32-10-8-30-6-4-28-2)18-22(17-20)24(27)35-15-13-33-11-9-31-7-5-29-3/h16-18H,4-15H2,1-3H3. The first kappa shape index (κ1) is 30.6. The van der Waals surface area contributed by atoms with E-state index in [-0.39, 0.29) is 48.9 Å². The summed E-state index contributed by atoms with van der Waals surface area (Å²) in [5.74, 6) is -1.67. The van der Waals surface area contributed by atoms with Gasteiger partial charge >= 0.3 is 11.9 Å². The van der Waals surface area contributed by atoms with Gasteiger partial charge in [0.15, 0.2) is 5.78 Å². The zero-order chi connectivity index (χ0) is 25.7. The van der Waals surface area contributed by atoms with Crippen molar-refractivity contribution in [1.29, 1.82) is 0 Å². The van der Waals surface area contributed by atoms with Gasteiger partial charge in [-0.2, -0.15) is 0 Å². The average molecular weight is 501 g/mol. The van der Waals surface area contributed by atoms with Gasteiger partial charge < -0.3 is 37.9 Å². The van der Waals surface area contributed by atoms with Crippen molar-refractivity contribution in [3.63, 3.8) is 0 Å². The third-order valence-electron chi connectivity index (χ3n) is 4.34. The van der Waals surface area contributed by atoms with Crippen LogP contribution in [0.3, 0.4) is 0 Å². The average Bonchev–Trinajstić information content (AvgIpc) is 2.86. The maximum absolute atomic E-state index is 12.4. The van der Waals surface area contributed by atoms with Crippen LogP contribution in [0.1, 0.15) is 38.0 Å². The summed E-state index contributed by atoms with van der Waals surface area (Å²) in [6.07, 6.45) is 0. The van der Waals surface area contributed by atoms with Crippen LogP contribution in [-0.2, 0) is 37.9 Å². The molecule has 0 aliphatic rings. The highest BCUT2D eigenvalue weighted by Gasteiger charge is 2.17. The molecule has 0 amide bonds. The van der Waals surface area contributed by atoms with Crippen molar-refractivity contribution in [3.05, 3.63) is 34.9 Å². The first-order chi connectivity index (χ1) is 17.0. The Hall–Kier alpha value is -2.41. The highest BCUT2D eigenvalue weighted by atomic mass is 16.6. The number of rotatable bonds is 21. The van der Waals surface area contributed by atoms with Crippen molar-refractivity contribution in [2.75, 3.05) is 93.5 Å². The van der Waals surface area contributed by atoms with Gasteiger partial charge in [-0.1, -0.05) is 0 Å². The Labute approximate surface area is 205 Å². The fourth-order valence-corrected chi connectivity index (χ4v) is 2.55. The molecule has 0 spiro atoms. The van der Waals surface area contributed by atoms with E-state index in [2.05, 4.69) is 0 Å². The van der Waals surface area contributed by atoms with Gasteiger partial charge in [0.05, 0.1) is 77.2 Å². The highest BCUT2D eigenvalue weighted by molar-refractivity contribution is 6.02. The molecule has 0 fully saturated rings. The lowest BCUT2D eigenvalue weighted by Gasteiger charge is -2.10. The molecule has 0 bridgehead atoms. The van der Waals surface area contributed by atoms with E-state index < -0.39 is 11.9 Å². The SMILES string of the molecule is COCCOCCOCCOC(=O)c1cc(C(C)=O)cc(C(=O)OCCOCCOCCOC)c1. The number of ether oxygens (including phenoxy) is 8. The largest absolute Gasteiger partial charge is 0.460 e. The van der Waals surface area contributed by atoms with E-state index in [4.69, 9.17) is 37.9 Å². The van der Waals surface area contributed by atoms with Crippen LogP contribution in [-0.4, -0.2) is 111 Å². The molecule has 198 valence electrons. The Kier molecular flexibility index (Phi) is 17.4. The van der Waals surface area contributed by atoms with Gasteiger partial charge in [-0.15, -0.1) is 0 Å². The monoisotopic (exact) mass is 500 g/mol. The lowest BCUT2D eigenvalue weighted by atomic mass is 10.0. The van der Waals surface area contributed by atoms with Gasteiger partial charge in [-0.3, -0.25) is 4.79 Å². The molecule has 0 saturated heterocycles. The van der Waals surface area contributed by atoms with Gasteiger partial charge in [-0.25, -0.2) is 9.59 Å². The fourth-order valence-electron chi connectivity index (χ4n) is 2.55. The molecular weight excluding hydrogens is 464 g/mol. The van der Waals surface area contributed by atoms with Gasteiger partial charge in [-0.05, 0) is 25.1 Å². The van der Waals surface area contributed by atoms with Crippen molar-refractivity contribution < 1.29 is 52.3 Å². The fraction of sp³-hybridized carbons (Fsp3) is 0.625. The Morgan fingerprint density at radius 2 is 0.829 bits per heavy atom. The molecule has 35 heavy (non-hydrogen) atoms. The van der Waals surface area contributed by atoms with E-state index in [9.17, 15) is 14.4 Å². The van der Waals surface area contributed by atoms with Crippen LogP contribution in [0.25, 0.3) is 0 Å². The van der Waals surface area contributed by atoms with Crippen molar-refractivity contribution in [2.45, 2.75) is 6.92 Å². The summed E-state index contributed by atoms with van der Waals surface area (Å²) in [7, 11) is 3.18. The molecule has 0 saturated carbocycles. The molecule has 11 nitrogen and oxygen atoms in total. The molecular formula is C24H36O11. The number of hydrogen-bond donors (Lipinski definition) is 0. The molecule has 0 unspecified atom stereocenters. The maximum Gasteiger partial charge on any atom is 0.338 e. The van der Waals surface area contributed by atoms with E-state index in [0.717, 1.165) is 0 Å². The second-order valence-electron chi connectivity index (χ2n) is 7.06. The minimum atomic E-state index is -0.682. The summed E-state index contributed by atoms with van der Waals surface area (Å²) < 4.78 is 41.2. The van der Waals surface area contributed by atoms with Crippen LogP contribution in [0.2, 0.25) is 0 Å². The lowest BCUT2D eigenvalue weighted by molar-refractivity contribution is 0.00554. The molecule has 0 aromatic heterocycles. The summed E-state index contributed by atoms with van der Waals surface area (Å²) in [5.41, 5.74) is 0.328. The summed E-state index contributed by atoms with van der Waals surface area (Å²) in [6.45, 7) is 5.17. The smallest absolute Gasteiger partial charge is 0.338 e. The third-order valence-corrected chi connectivity index (χ3v) is 4.34. The molecule has 0 aliphatic carbocycles. The number of benzene rings is 1. The highest BCUT2D eigenvalue weighted by Crippen LogP contribution is 2.14. The number of carbonyl (C=O) groups is 3.